The first-order valence-electron chi connectivity index (χ1n) is 5.73. The fourth-order valence-electron chi connectivity index (χ4n) is 1.56. The molecule has 1 aromatic heterocycles. The van der Waals surface area contributed by atoms with E-state index in [1.807, 2.05) is 13.8 Å². The molecule has 0 saturated heterocycles. The summed E-state index contributed by atoms with van der Waals surface area (Å²) in [5.41, 5.74) is 1.52. The van der Waals surface area contributed by atoms with Gasteiger partial charge < -0.3 is 9.47 Å². The highest BCUT2D eigenvalue weighted by Gasteiger charge is 2.12. The first-order chi connectivity index (χ1) is 9.01. The summed E-state index contributed by atoms with van der Waals surface area (Å²) in [6, 6.07) is 4.88. The Morgan fingerprint density at radius 1 is 1.26 bits per heavy atom. The number of carbonyl (C=O) groups is 1. The zero-order valence-electron chi connectivity index (χ0n) is 10.8. The van der Waals surface area contributed by atoms with Gasteiger partial charge in [0.05, 0.1) is 29.8 Å². The summed E-state index contributed by atoms with van der Waals surface area (Å²) >= 11 is 6.00. The van der Waals surface area contributed by atoms with Crippen molar-refractivity contribution in [3.05, 3.63) is 28.9 Å². The summed E-state index contributed by atoms with van der Waals surface area (Å²) in [7, 11) is 1.32. The number of aromatic nitrogens is 2. The quantitative estimate of drug-likeness (QED) is 0.809. The third kappa shape index (κ3) is 2.93. The van der Waals surface area contributed by atoms with Gasteiger partial charge in [-0.15, -0.1) is 0 Å². The first kappa shape index (κ1) is 13.5. The number of nitrogens with zero attached hydrogens (tertiary/aromatic N) is 2. The van der Waals surface area contributed by atoms with Crippen LogP contribution in [-0.2, 0) is 4.74 Å². The number of esters is 1. The lowest BCUT2D eigenvalue weighted by molar-refractivity contribution is 0.0601. The highest BCUT2D eigenvalue weighted by atomic mass is 35.5. The molecule has 0 amide bonds. The fourth-order valence-corrected chi connectivity index (χ4v) is 1.74. The molecule has 19 heavy (non-hydrogen) atoms. The van der Waals surface area contributed by atoms with Crippen molar-refractivity contribution in [2.75, 3.05) is 7.11 Å². The second-order valence-corrected chi connectivity index (χ2v) is 4.54. The topological polar surface area (TPSA) is 61.3 Å². The number of methoxy groups -OCH3 is 1. The molecule has 0 bridgehead atoms. The normalized spacial score (nSPS) is 10.8. The second kappa shape index (κ2) is 5.40. The number of hydrogen-bond acceptors (Lipinski definition) is 5. The average molecular weight is 281 g/mol. The maximum absolute atomic E-state index is 11.4. The third-order valence-corrected chi connectivity index (χ3v) is 2.61. The summed E-state index contributed by atoms with van der Waals surface area (Å²) in [6.45, 7) is 3.76. The molecule has 0 radical (unpaired) electrons. The van der Waals surface area contributed by atoms with Crippen LogP contribution >= 0.6 is 11.6 Å². The van der Waals surface area contributed by atoms with Crippen molar-refractivity contribution in [3.8, 4) is 5.88 Å². The number of carbonyl (C=O) groups excluding carboxylic acids is 1. The van der Waals surface area contributed by atoms with Crippen molar-refractivity contribution >= 4 is 28.6 Å². The minimum absolute atomic E-state index is 0.0430. The highest BCUT2D eigenvalue weighted by Crippen LogP contribution is 2.24. The Labute approximate surface area is 115 Å². The van der Waals surface area contributed by atoms with Crippen LogP contribution < -0.4 is 4.74 Å². The van der Waals surface area contributed by atoms with E-state index < -0.39 is 5.97 Å². The largest absolute Gasteiger partial charge is 0.473 e. The molecule has 0 aliphatic carbocycles. The van der Waals surface area contributed by atoms with Crippen LogP contribution in [0.3, 0.4) is 0 Å². The number of benzene rings is 1. The molecular weight excluding hydrogens is 268 g/mol. The van der Waals surface area contributed by atoms with Gasteiger partial charge in [0.1, 0.15) is 0 Å². The van der Waals surface area contributed by atoms with Gasteiger partial charge in [-0.1, -0.05) is 11.6 Å². The molecule has 1 heterocycles. The van der Waals surface area contributed by atoms with Crippen LogP contribution in [0.4, 0.5) is 0 Å². The zero-order valence-corrected chi connectivity index (χ0v) is 11.6. The molecular formula is C13H13ClN2O3. The highest BCUT2D eigenvalue weighted by molar-refractivity contribution is 6.31. The molecule has 0 fully saturated rings. The van der Waals surface area contributed by atoms with Crippen molar-refractivity contribution < 1.29 is 14.3 Å². The Bertz CT molecular complexity index is 629. The summed E-state index contributed by atoms with van der Waals surface area (Å²) in [6.07, 6.45) is -0.0430. The average Bonchev–Trinajstić information content (AvgIpc) is 2.37. The molecule has 0 spiro atoms. The molecule has 1 aromatic carbocycles. The number of fused-ring (bicyclic) bond motifs is 1. The fraction of sp³-hybridized carbons (Fsp3) is 0.308. The van der Waals surface area contributed by atoms with E-state index in [0.717, 1.165) is 0 Å². The monoisotopic (exact) mass is 280 g/mol. The number of halogens is 1. The summed E-state index contributed by atoms with van der Waals surface area (Å²) in [5.74, 6) is -0.141. The lowest BCUT2D eigenvalue weighted by Gasteiger charge is -2.10. The SMILES string of the molecule is COC(=O)c1ccc2nc(OC(C)C)c(Cl)nc2c1. The van der Waals surface area contributed by atoms with Crippen molar-refractivity contribution in [1.82, 2.24) is 9.97 Å². The van der Waals surface area contributed by atoms with Crippen LogP contribution in [0.25, 0.3) is 11.0 Å². The molecule has 0 N–H and O–H groups in total. The lowest BCUT2D eigenvalue weighted by Crippen LogP contribution is -2.08. The lowest BCUT2D eigenvalue weighted by atomic mass is 10.2. The standard InChI is InChI=1S/C13H13ClN2O3/c1-7(2)19-12-11(14)15-10-6-8(13(17)18-3)4-5-9(10)16-12/h4-7H,1-3H3. The molecule has 6 heteroatoms. The molecule has 5 nitrogen and oxygen atoms in total. The molecule has 0 unspecified atom stereocenters. The van der Waals surface area contributed by atoms with Gasteiger partial charge in [0.15, 0.2) is 5.15 Å². The van der Waals surface area contributed by atoms with Crippen LogP contribution in [0.2, 0.25) is 5.15 Å². The predicted molar refractivity (Wildman–Crippen MR) is 71.7 cm³/mol. The molecule has 0 aliphatic rings. The molecule has 100 valence electrons. The summed E-state index contributed by atoms with van der Waals surface area (Å²) in [4.78, 5) is 19.9. The Kier molecular flexibility index (Phi) is 3.85. The van der Waals surface area contributed by atoms with Crippen molar-refractivity contribution in [2.24, 2.45) is 0 Å². The number of hydrogen-bond donors (Lipinski definition) is 0. The van der Waals surface area contributed by atoms with Gasteiger partial charge in [-0.3, -0.25) is 0 Å². The van der Waals surface area contributed by atoms with Crippen LogP contribution in [0.1, 0.15) is 24.2 Å². The zero-order chi connectivity index (χ0) is 14.0. The van der Waals surface area contributed by atoms with E-state index in [9.17, 15) is 4.79 Å². The van der Waals surface area contributed by atoms with Gasteiger partial charge >= 0.3 is 5.97 Å². The third-order valence-electron chi connectivity index (χ3n) is 2.36. The molecule has 0 saturated carbocycles. The van der Waals surface area contributed by atoms with Crippen molar-refractivity contribution in [2.45, 2.75) is 20.0 Å². The minimum atomic E-state index is -0.428. The van der Waals surface area contributed by atoms with E-state index in [2.05, 4.69) is 14.7 Å². The Hall–Kier alpha value is -1.88. The van der Waals surface area contributed by atoms with Gasteiger partial charge in [0.25, 0.3) is 5.88 Å². The van der Waals surface area contributed by atoms with E-state index >= 15 is 0 Å². The van der Waals surface area contributed by atoms with Crippen LogP contribution in [0.15, 0.2) is 18.2 Å². The Morgan fingerprint density at radius 2 is 2.00 bits per heavy atom. The van der Waals surface area contributed by atoms with Crippen LogP contribution in [0.5, 0.6) is 5.88 Å². The van der Waals surface area contributed by atoms with Crippen LogP contribution in [-0.4, -0.2) is 29.2 Å². The number of ether oxygens (including phenoxy) is 2. The molecule has 2 rings (SSSR count). The second-order valence-electron chi connectivity index (χ2n) is 4.18. The van der Waals surface area contributed by atoms with Crippen LogP contribution in [0, 0.1) is 0 Å². The minimum Gasteiger partial charge on any atom is -0.473 e. The van der Waals surface area contributed by atoms with Crippen molar-refractivity contribution in [1.29, 1.82) is 0 Å². The summed E-state index contributed by atoms with van der Waals surface area (Å²) < 4.78 is 10.1. The first-order valence-corrected chi connectivity index (χ1v) is 6.11. The Morgan fingerprint density at radius 3 is 2.63 bits per heavy atom. The van der Waals surface area contributed by atoms with Crippen molar-refractivity contribution in [3.63, 3.8) is 0 Å². The van der Waals surface area contributed by atoms with E-state index in [1.54, 1.807) is 18.2 Å². The summed E-state index contributed by atoms with van der Waals surface area (Å²) in [5, 5.41) is 0.170. The molecule has 2 aromatic rings. The van der Waals surface area contributed by atoms with Gasteiger partial charge in [0.2, 0.25) is 0 Å². The van der Waals surface area contributed by atoms with E-state index in [1.165, 1.54) is 7.11 Å². The molecule has 0 aliphatic heterocycles. The predicted octanol–water partition coefficient (Wildman–Crippen LogP) is 2.86. The van der Waals surface area contributed by atoms with E-state index in [-0.39, 0.29) is 17.1 Å². The van der Waals surface area contributed by atoms with E-state index in [0.29, 0.717) is 16.6 Å². The molecule has 0 atom stereocenters. The van der Waals surface area contributed by atoms with Gasteiger partial charge in [-0.2, -0.15) is 0 Å². The Balaban J connectivity index is 2.49. The maximum Gasteiger partial charge on any atom is 0.337 e. The van der Waals surface area contributed by atoms with Gasteiger partial charge in [0, 0.05) is 0 Å². The smallest absolute Gasteiger partial charge is 0.337 e. The van der Waals surface area contributed by atoms with Gasteiger partial charge in [-0.25, -0.2) is 14.8 Å². The maximum atomic E-state index is 11.4. The number of rotatable bonds is 3. The van der Waals surface area contributed by atoms with Gasteiger partial charge in [-0.05, 0) is 32.0 Å². The van der Waals surface area contributed by atoms with E-state index in [4.69, 9.17) is 16.3 Å².